The van der Waals surface area contributed by atoms with Gasteiger partial charge in [-0.05, 0) is 85.6 Å². The normalized spacial score (nSPS) is 27.0. The number of aliphatic hydroxyl groups excluding tert-OH is 1. The molecule has 1 aliphatic rings. The lowest BCUT2D eigenvalue weighted by Gasteiger charge is -2.37. The SMILES string of the molecule is CC(C)C[C@H]1C(=O)N[C@@H](COC(C)(C)C)C(=O)N[C@@H](C)C(=O)NC(C)C(=O)N(C)[C@@H](C)C(=O)N(C)[C@@H](Cc2ccccc2)C(=O)N(C)[C@@H](CC(C)C)C(=O)/N=C(/[C@@H](C)O)C(=O)N(C)[C@@H](C)C(=O)N1C. The highest BCUT2D eigenvalue weighted by Gasteiger charge is 2.41. The monoisotopic (exact) mass is 970 g/mol. The van der Waals surface area contributed by atoms with Crippen LogP contribution in [0.25, 0.3) is 0 Å². The zero-order valence-electron chi connectivity index (χ0n) is 43.8. The fourth-order valence-electron chi connectivity index (χ4n) is 7.53. The molecule has 1 aromatic rings. The first-order chi connectivity index (χ1) is 31.8. The lowest BCUT2D eigenvalue weighted by molar-refractivity contribution is -0.151. The molecular formula is C49H79N9O11. The largest absolute Gasteiger partial charge is 0.387 e. The second kappa shape index (κ2) is 25.7. The van der Waals surface area contributed by atoms with Gasteiger partial charge in [-0.15, -0.1) is 0 Å². The molecule has 0 fully saturated rings. The fraction of sp³-hybridized carbons (Fsp3) is 0.673. The van der Waals surface area contributed by atoms with Gasteiger partial charge in [0.1, 0.15) is 54.0 Å². The number of carbonyl (C=O) groups excluding carboxylic acids is 9. The maximum atomic E-state index is 14.8. The van der Waals surface area contributed by atoms with Crippen molar-refractivity contribution >= 4 is 58.9 Å². The molecule has 1 heterocycles. The van der Waals surface area contributed by atoms with Gasteiger partial charge in [-0.3, -0.25) is 43.2 Å². The van der Waals surface area contributed by atoms with Crippen molar-refractivity contribution in [2.24, 2.45) is 16.8 Å². The maximum absolute atomic E-state index is 14.8. The summed E-state index contributed by atoms with van der Waals surface area (Å²) in [5, 5.41) is 18.8. The zero-order valence-corrected chi connectivity index (χ0v) is 43.8. The molecule has 0 radical (unpaired) electrons. The predicted octanol–water partition coefficient (Wildman–Crippen LogP) is 1.17. The molecule has 4 N–H and O–H groups in total. The second-order valence-corrected chi connectivity index (χ2v) is 20.0. The van der Waals surface area contributed by atoms with E-state index in [0.717, 1.165) is 14.7 Å². The second-order valence-electron chi connectivity index (χ2n) is 20.0. The van der Waals surface area contributed by atoms with E-state index < -0.39 is 119 Å². The van der Waals surface area contributed by atoms with Crippen LogP contribution in [0.4, 0.5) is 0 Å². The number of hydrogen-bond acceptors (Lipinski definition) is 11. The van der Waals surface area contributed by atoms with Crippen LogP contribution in [0.5, 0.6) is 0 Å². The zero-order chi connectivity index (χ0) is 53.0. The van der Waals surface area contributed by atoms with Gasteiger partial charge in [0.2, 0.25) is 41.4 Å². The van der Waals surface area contributed by atoms with Crippen molar-refractivity contribution in [1.29, 1.82) is 0 Å². The van der Waals surface area contributed by atoms with Crippen LogP contribution in [0.3, 0.4) is 0 Å². The van der Waals surface area contributed by atoms with E-state index in [0.29, 0.717) is 5.56 Å². The maximum Gasteiger partial charge on any atom is 0.271 e. The van der Waals surface area contributed by atoms with Crippen molar-refractivity contribution in [1.82, 2.24) is 40.4 Å². The van der Waals surface area contributed by atoms with E-state index >= 15 is 0 Å². The minimum absolute atomic E-state index is 0.00343. The first-order valence-electron chi connectivity index (χ1n) is 23.6. The molecule has 386 valence electrons. The van der Waals surface area contributed by atoms with E-state index in [-0.39, 0.29) is 37.7 Å². The summed E-state index contributed by atoms with van der Waals surface area (Å²) in [5.41, 5.74) is -0.688. The van der Waals surface area contributed by atoms with E-state index in [1.165, 1.54) is 79.7 Å². The molecule has 20 heteroatoms. The molecule has 0 spiro atoms. The summed E-state index contributed by atoms with van der Waals surface area (Å²) in [6, 6.07) is -1.10. The average Bonchev–Trinajstić information content (AvgIpc) is 3.28. The molecule has 20 nitrogen and oxygen atoms in total. The van der Waals surface area contributed by atoms with Crippen molar-refractivity contribution in [2.75, 3.05) is 41.8 Å². The van der Waals surface area contributed by atoms with Crippen LogP contribution in [0, 0.1) is 11.8 Å². The Balaban J connectivity index is 2.87. The van der Waals surface area contributed by atoms with Gasteiger partial charge in [0, 0.05) is 41.7 Å². The molecule has 69 heavy (non-hydrogen) atoms. The summed E-state index contributed by atoms with van der Waals surface area (Å²) in [6.45, 7) is 19.1. The summed E-state index contributed by atoms with van der Waals surface area (Å²) in [4.78, 5) is 137. The van der Waals surface area contributed by atoms with Crippen molar-refractivity contribution in [3.05, 3.63) is 35.9 Å². The van der Waals surface area contributed by atoms with Gasteiger partial charge in [0.05, 0.1) is 18.3 Å². The molecule has 0 saturated heterocycles. The topological polar surface area (TPSA) is 248 Å². The highest BCUT2D eigenvalue weighted by atomic mass is 16.5. The van der Waals surface area contributed by atoms with E-state index in [1.807, 2.05) is 27.7 Å². The Kier molecular flexibility index (Phi) is 22.1. The number of amides is 9. The third-order valence-electron chi connectivity index (χ3n) is 12.2. The summed E-state index contributed by atoms with van der Waals surface area (Å²) in [5.74, 6) is -7.23. The summed E-state index contributed by atoms with van der Waals surface area (Å²) in [7, 11) is 6.83. The average molecular weight is 970 g/mol. The number of aliphatic imine (C=N–C) groups is 1. The number of aliphatic hydroxyl groups is 1. The van der Waals surface area contributed by atoms with Crippen LogP contribution in [-0.4, -0.2) is 190 Å². The first-order valence-corrected chi connectivity index (χ1v) is 23.6. The Morgan fingerprint density at radius 3 is 1.58 bits per heavy atom. The number of rotatable bonds is 9. The lowest BCUT2D eigenvalue weighted by Crippen LogP contribution is -2.60. The van der Waals surface area contributed by atoms with E-state index in [9.17, 15) is 48.3 Å². The minimum atomic E-state index is -1.62. The predicted molar refractivity (Wildman–Crippen MR) is 260 cm³/mol. The Morgan fingerprint density at radius 2 is 1.07 bits per heavy atom. The number of likely N-dealkylation sites (N-methyl/N-ethyl adjacent to an activating group) is 5. The molecule has 1 unspecified atom stereocenters. The standard InChI is InChI=1S/C49H79N9O11/c1-27(2)23-36-42(62)52-35(26-69-49(10,11)12)41(61)50-29(5)40(60)51-30(6)44(64)54(13)31(7)46(66)58(17)38(25-34-21-19-18-20-22-34)47(67)57(16)37(24-28(3)4)43(63)53-39(33(9)59)48(68)55(14)32(8)45(65)56(36)15/h18-22,27-33,35-38,59H,23-26H2,1-17H3,(H,50,61)(H,51,60)(H,52,62)/b53-39-/t29-,30?,31-,32-,33+,35-,36-,37-,38-/m0/s1. The van der Waals surface area contributed by atoms with Crippen LogP contribution < -0.4 is 16.0 Å². The highest BCUT2D eigenvalue weighted by molar-refractivity contribution is 6.42. The third kappa shape index (κ3) is 16.7. The summed E-state index contributed by atoms with van der Waals surface area (Å²) < 4.78 is 5.90. The first kappa shape index (κ1) is 59.4. The molecular weight excluding hydrogens is 891 g/mol. The number of hydrogen-bond donors (Lipinski definition) is 4. The minimum Gasteiger partial charge on any atom is -0.387 e. The molecule has 9 atom stereocenters. The fourth-order valence-corrected chi connectivity index (χ4v) is 7.53. The van der Waals surface area contributed by atoms with Gasteiger partial charge in [-0.1, -0.05) is 58.0 Å². The van der Waals surface area contributed by atoms with E-state index in [4.69, 9.17) is 4.74 Å². The van der Waals surface area contributed by atoms with Gasteiger partial charge >= 0.3 is 0 Å². The number of nitrogens with zero attached hydrogens (tertiary/aromatic N) is 6. The third-order valence-corrected chi connectivity index (χ3v) is 12.2. The summed E-state index contributed by atoms with van der Waals surface area (Å²) >= 11 is 0. The molecule has 1 aliphatic heterocycles. The van der Waals surface area contributed by atoms with Crippen LogP contribution >= 0.6 is 0 Å². The molecule has 0 aliphatic carbocycles. The Bertz CT molecular complexity index is 2040. The van der Waals surface area contributed by atoms with Crippen molar-refractivity contribution in [3.8, 4) is 0 Å². The van der Waals surface area contributed by atoms with Crippen molar-refractivity contribution < 1.29 is 53.0 Å². The van der Waals surface area contributed by atoms with Gasteiger partial charge in [-0.2, -0.15) is 0 Å². The molecule has 9 amide bonds. The Morgan fingerprint density at radius 1 is 0.594 bits per heavy atom. The highest BCUT2D eigenvalue weighted by Crippen LogP contribution is 2.21. The number of ether oxygens (including phenoxy) is 1. The van der Waals surface area contributed by atoms with Crippen LogP contribution in [0.1, 0.15) is 101 Å². The molecule has 0 saturated carbocycles. The number of benzene rings is 1. The molecule has 0 aromatic heterocycles. The molecule has 1 aromatic carbocycles. The van der Waals surface area contributed by atoms with E-state index in [2.05, 4.69) is 20.9 Å². The lowest BCUT2D eigenvalue weighted by atomic mass is 9.98. The number of nitrogens with one attached hydrogen (secondary N) is 3. The van der Waals surface area contributed by atoms with Gasteiger partial charge in [0.15, 0.2) is 0 Å². The van der Waals surface area contributed by atoms with Gasteiger partial charge in [-0.25, -0.2) is 4.99 Å². The quantitative estimate of drug-likeness (QED) is 0.274. The van der Waals surface area contributed by atoms with Crippen LogP contribution in [0.15, 0.2) is 35.3 Å². The van der Waals surface area contributed by atoms with Crippen molar-refractivity contribution in [2.45, 2.75) is 162 Å². The van der Waals surface area contributed by atoms with Crippen molar-refractivity contribution in [3.63, 3.8) is 0 Å². The number of carbonyl (C=O) groups is 9. The van der Waals surface area contributed by atoms with Gasteiger partial charge in [0.25, 0.3) is 11.8 Å². The molecule has 0 bridgehead atoms. The Hall–Kier alpha value is -5.76. The van der Waals surface area contributed by atoms with Crippen LogP contribution in [0.2, 0.25) is 0 Å². The molecule has 2 rings (SSSR count). The smallest absolute Gasteiger partial charge is 0.271 e. The van der Waals surface area contributed by atoms with Gasteiger partial charge < -0.3 is 50.3 Å². The summed E-state index contributed by atoms with van der Waals surface area (Å²) in [6.07, 6.45) is -1.43. The van der Waals surface area contributed by atoms with E-state index in [1.54, 1.807) is 51.1 Å². The van der Waals surface area contributed by atoms with Crippen LogP contribution in [-0.2, 0) is 54.3 Å². The Labute approximate surface area is 408 Å².